The molecule has 0 aromatic heterocycles. The van der Waals surface area contributed by atoms with Crippen LogP contribution < -0.4 is 5.73 Å². The van der Waals surface area contributed by atoms with E-state index in [0.29, 0.717) is 13.0 Å². The standard InChI is InChI=1S/C44H74NO9P/c1-3-5-7-9-11-13-15-16-17-18-19-20-21-22-23-24-25-27-29-31-33-35-37-51-38-41(39-52-55(49,50)53-40-42(45)44(47)48)54-43(46)36-34-32-30-28-26-14-12-10-8-6-4-2/h5,7,10-13,16-17,19-20,22-23,25,27,41-42H,3-4,6,8-9,14-15,18,21,24,26,28-40,45H2,1-2H3,(H,47,48)(H,49,50)/b7-5-,12-10-,13-11-,17-16-,20-19-,23-22-,27-25-. The van der Waals surface area contributed by atoms with Gasteiger partial charge in [-0.2, -0.15) is 0 Å². The van der Waals surface area contributed by atoms with E-state index in [1.807, 2.05) is 0 Å². The number of phosphoric acid groups is 1. The molecule has 4 N–H and O–H groups in total. The summed E-state index contributed by atoms with van der Waals surface area (Å²) in [6.45, 7) is 3.60. The summed E-state index contributed by atoms with van der Waals surface area (Å²) in [5.41, 5.74) is 5.34. The molecule has 3 atom stereocenters. The monoisotopic (exact) mass is 792 g/mol. The molecule has 0 aliphatic heterocycles. The molecule has 314 valence electrons. The van der Waals surface area contributed by atoms with E-state index in [-0.39, 0.29) is 13.0 Å². The average molecular weight is 792 g/mol. The number of aliphatic carboxylic acids is 1. The van der Waals surface area contributed by atoms with Crippen molar-refractivity contribution in [3.63, 3.8) is 0 Å². The van der Waals surface area contributed by atoms with E-state index in [4.69, 9.17) is 24.8 Å². The normalized spacial score (nSPS) is 14.8. The second kappa shape index (κ2) is 39.4. The van der Waals surface area contributed by atoms with Gasteiger partial charge in [0, 0.05) is 13.0 Å². The predicted molar refractivity (Wildman–Crippen MR) is 226 cm³/mol. The zero-order valence-corrected chi connectivity index (χ0v) is 34.9. The van der Waals surface area contributed by atoms with Crippen LogP contribution >= 0.6 is 7.82 Å². The number of carbonyl (C=O) groups excluding carboxylic acids is 1. The first-order valence-corrected chi connectivity index (χ1v) is 22.1. The number of nitrogens with two attached hydrogens (primary N) is 1. The van der Waals surface area contributed by atoms with Crippen molar-refractivity contribution in [3.05, 3.63) is 85.1 Å². The Bertz CT molecular complexity index is 1190. The minimum absolute atomic E-state index is 0.0146. The van der Waals surface area contributed by atoms with E-state index < -0.39 is 45.1 Å². The first-order valence-electron chi connectivity index (χ1n) is 20.6. The molecular formula is C44H74NO9P. The van der Waals surface area contributed by atoms with Crippen LogP contribution in [0.3, 0.4) is 0 Å². The fraction of sp³-hybridized carbons (Fsp3) is 0.636. The molecule has 0 aromatic rings. The number of hydrogen-bond acceptors (Lipinski definition) is 8. The Morgan fingerprint density at radius 2 is 1.05 bits per heavy atom. The molecule has 0 amide bonds. The number of phosphoric ester groups is 1. The van der Waals surface area contributed by atoms with Crippen molar-refractivity contribution in [2.24, 2.45) is 5.73 Å². The smallest absolute Gasteiger partial charge is 0.472 e. The van der Waals surface area contributed by atoms with Crippen LogP contribution in [0.15, 0.2) is 85.1 Å². The molecule has 10 nitrogen and oxygen atoms in total. The number of carboxylic acid groups (broad SMARTS) is 1. The van der Waals surface area contributed by atoms with Crippen LogP contribution in [0.2, 0.25) is 0 Å². The molecule has 0 heterocycles. The van der Waals surface area contributed by atoms with E-state index in [2.05, 4.69) is 103 Å². The molecule has 0 fully saturated rings. The Morgan fingerprint density at radius 1 is 0.600 bits per heavy atom. The van der Waals surface area contributed by atoms with Gasteiger partial charge in [0.1, 0.15) is 12.1 Å². The molecule has 55 heavy (non-hydrogen) atoms. The van der Waals surface area contributed by atoms with Crippen LogP contribution in [-0.2, 0) is 32.7 Å². The van der Waals surface area contributed by atoms with E-state index in [9.17, 15) is 19.0 Å². The maximum Gasteiger partial charge on any atom is 0.472 e. The maximum absolute atomic E-state index is 12.6. The number of allylic oxidation sites excluding steroid dienone is 14. The molecule has 0 aliphatic rings. The van der Waals surface area contributed by atoms with Gasteiger partial charge < -0.3 is 25.2 Å². The lowest BCUT2D eigenvalue weighted by molar-refractivity contribution is -0.154. The summed E-state index contributed by atoms with van der Waals surface area (Å²) in [5, 5.41) is 8.88. The lowest BCUT2D eigenvalue weighted by Crippen LogP contribution is -2.34. The highest BCUT2D eigenvalue weighted by Crippen LogP contribution is 2.43. The van der Waals surface area contributed by atoms with Gasteiger partial charge in [-0.15, -0.1) is 0 Å². The Labute approximate surface area is 333 Å². The topological polar surface area (TPSA) is 155 Å². The third-order valence-electron chi connectivity index (χ3n) is 8.16. The maximum atomic E-state index is 12.6. The van der Waals surface area contributed by atoms with Crippen molar-refractivity contribution in [3.8, 4) is 0 Å². The second-order valence-electron chi connectivity index (χ2n) is 13.4. The molecule has 0 saturated carbocycles. The molecule has 3 unspecified atom stereocenters. The highest BCUT2D eigenvalue weighted by molar-refractivity contribution is 7.47. The van der Waals surface area contributed by atoms with Crippen LogP contribution in [0.1, 0.15) is 142 Å². The molecule has 0 bridgehead atoms. The molecule has 0 aliphatic carbocycles. The Hall–Kier alpha value is -2.85. The summed E-state index contributed by atoms with van der Waals surface area (Å²) in [4.78, 5) is 33.4. The van der Waals surface area contributed by atoms with Crippen molar-refractivity contribution in [2.45, 2.75) is 154 Å². The Kier molecular flexibility index (Phi) is 37.3. The summed E-state index contributed by atoms with van der Waals surface area (Å²) >= 11 is 0. The van der Waals surface area contributed by atoms with Crippen molar-refractivity contribution in [1.29, 1.82) is 0 Å². The minimum atomic E-state index is -4.63. The quantitative estimate of drug-likeness (QED) is 0.0238. The lowest BCUT2D eigenvalue weighted by Gasteiger charge is -2.20. The zero-order valence-electron chi connectivity index (χ0n) is 34.0. The van der Waals surface area contributed by atoms with Crippen LogP contribution in [0, 0.1) is 0 Å². The highest BCUT2D eigenvalue weighted by Gasteiger charge is 2.27. The minimum Gasteiger partial charge on any atom is -0.480 e. The lowest BCUT2D eigenvalue weighted by atomic mass is 10.1. The van der Waals surface area contributed by atoms with E-state index in [1.165, 1.54) is 12.8 Å². The molecule has 11 heteroatoms. The number of carbonyl (C=O) groups is 2. The summed E-state index contributed by atoms with van der Waals surface area (Å²) in [6, 6.07) is -1.48. The van der Waals surface area contributed by atoms with Crippen molar-refractivity contribution in [1.82, 2.24) is 0 Å². The number of unbranched alkanes of at least 4 members (excludes halogenated alkanes) is 10. The third kappa shape index (κ3) is 39.2. The average Bonchev–Trinajstić information content (AvgIpc) is 3.16. The zero-order chi connectivity index (χ0) is 40.5. The number of rotatable bonds is 38. The number of ether oxygens (including phenoxy) is 2. The van der Waals surface area contributed by atoms with Crippen molar-refractivity contribution in [2.75, 3.05) is 26.4 Å². The van der Waals surface area contributed by atoms with Crippen molar-refractivity contribution >= 4 is 19.8 Å². The van der Waals surface area contributed by atoms with Gasteiger partial charge in [0.25, 0.3) is 0 Å². The van der Waals surface area contributed by atoms with Gasteiger partial charge in [0.05, 0.1) is 19.8 Å². The second-order valence-corrected chi connectivity index (χ2v) is 14.8. The van der Waals surface area contributed by atoms with Gasteiger partial charge >= 0.3 is 19.8 Å². The number of esters is 1. The highest BCUT2D eigenvalue weighted by atomic mass is 31.2. The number of carboxylic acids is 1. The Balaban J connectivity index is 4.32. The van der Waals surface area contributed by atoms with Gasteiger partial charge in [0.15, 0.2) is 0 Å². The van der Waals surface area contributed by atoms with E-state index >= 15 is 0 Å². The van der Waals surface area contributed by atoms with Gasteiger partial charge in [-0.25, -0.2) is 4.57 Å². The fourth-order valence-corrected chi connectivity index (χ4v) is 5.72. The molecule has 0 spiro atoms. The van der Waals surface area contributed by atoms with Gasteiger partial charge in [0.2, 0.25) is 0 Å². The number of hydrogen-bond donors (Lipinski definition) is 3. The summed E-state index contributed by atoms with van der Waals surface area (Å²) < 4.78 is 33.2. The summed E-state index contributed by atoms with van der Waals surface area (Å²) in [5.74, 6) is -1.81. The van der Waals surface area contributed by atoms with E-state index in [0.717, 1.165) is 103 Å². The van der Waals surface area contributed by atoms with Crippen LogP contribution in [-0.4, -0.2) is 60.5 Å². The first-order chi connectivity index (χ1) is 26.7. The molecule has 0 radical (unpaired) electrons. The fourth-order valence-electron chi connectivity index (χ4n) is 4.94. The summed E-state index contributed by atoms with van der Waals surface area (Å²) in [7, 11) is -4.63. The summed E-state index contributed by atoms with van der Waals surface area (Å²) in [6.07, 6.45) is 49.3. The molecule has 0 aromatic carbocycles. The van der Waals surface area contributed by atoms with Gasteiger partial charge in [-0.3, -0.25) is 18.6 Å². The predicted octanol–water partition coefficient (Wildman–Crippen LogP) is 11.2. The van der Waals surface area contributed by atoms with Crippen LogP contribution in [0.25, 0.3) is 0 Å². The molecule has 0 saturated heterocycles. The van der Waals surface area contributed by atoms with Crippen LogP contribution in [0.4, 0.5) is 0 Å². The molecular weight excluding hydrogens is 717 g/mol. The third-order valence-corrected chi connectivity index (χ3v) is 9.11. The van der Waals surface area contributed by atoms with E-state index in [1.54, 1.807) is 0 Å². The first kappa shape index (κ1) is 52.2. The van der Waals surface area contributed by atoms with Crippen LogP contribution in [0.5, 0.6) is 0 Å². The molecule has 0 rings (SSSR count). The van der Waals surface area contributed by atoms with Crippen molar-refractivity contribution < 1.29 is 42.7 Å². The van der Waals surface area contributed by atoms with Gasteiger partial charge in [-0.1, -0.05) is 137 Å². The SMILES string of the molecule is CC/C=C\C/C=C\C/C=C\C/C=C\C/C=C\C/C=C\CCCCCOCC(COP(=O)(O)OCC(N)C(=O)O)OC(=O)CCCCCCC/C=C\CCCC. The van der Waals surface area contributed by atoms with Gasteiger partial charge in [-0.05, 0) is 83.5 Å². The largest absolute Gasteiger partial charge is 0.480 e. The Morgan fingerprint density at radius 3 is 1.60 bits per heavy atom.